The van der Waals surface area contributed by atoms with Crippen LogP contribution in [0.1, 0.15) is 21.6 Å². The first-order valence-corrected chi connectivity index (χ1v) is 6.56. The number of hydrogen-bond acceptors (Lipinski definition) is 3. The zero-order chi connectivity index (χ0) is 14.0. The van der Waals surface area contributed by atoms with Crippen LogP contribution in [0.15, 0.2) is 34.9 Å². The molecule has 0 aliphatic carbocycles. The molecule has 0 unspecified atom stereocenters. The number of anilines is 2. The molecular weight excluding hydrogens is 306 g/mol. The van der Waals surface area contributed by atoms with Gasteiger partial charge in [-0.05, 0) is 59.6 Å². The lowest BCUT2D eigenvalue weighted by Crippen LogP contribution is -2.13. The van der Waals surface area contributed by atoms with Gasteiger partial charge in [0.05, 0.1) is 5.69 Å². The van der Waals surface area contributed by atoms with Gasteiger partial charge in [-0.1, -0.05) is 0 Å². The highest BCUT2D eigenvalue weighted by atomic mass is 79.9. The van der Waals surface area contributed by atoms with E-state index in [4.69, 9.17) is 5.73 Å². The van der Waals surface area contributed by atoms with E-state index in [1.807, 2.05) is 19.9 Å². The van der Waals surface area contributed by atoms with E-state index in [1.165, 1.54) is 0 Å². The van der Waals surface area contributed by atoms with Crippen molar-refractivity contribution in [1.82, 2.24) is 4.98 Å². The zero-order valence-electron chi connectivity index (χ0n) is 10.7. The number of aromatic nitrogens is 1. The summed E-state index contributed by atoms with van der Waals surface area (Å²) in [5.41, 5.74) is 9.48. The monoisotopic (exact) mass is 319 g/mol. The van der Waals surface area contributed by atoms with E-state index in [2.05, 4.69) is 26.2 Å². The number of nitrogens with zero attached hydrogens (tertiary/aromatic N) is 1. The topological polar surface area (TPSA) is 68.0 Å². The van der Waals surface area contributed by atoms with Crippen LogP contribution in [-0.2, 0) is 0 Å². The molecule has 3 N–H and O–H groups in total. The molecule has 0 fully saturated rings. The maximum Gasteiger partial charge on any atom is 0.255 e. The van der Waals surface area contributed by atoms with Gasteiger partial charge in [0.25, 0.3) is 5.91 Å². The SMILES string of the molecule is Cc1cc(C(=O)Nc2cc(N)c(C)cc2Br)ccn1. The van der Waals surface area contributed by atoms with Gasteiger partial charge >= 0.3 is 0 Å². The second kappa shape index (κ2) is 5.40. The molecule has 19 heavy (non-hydrogen) atoms. The number of pyridine rings is 1. The minimum atomic E-state index is -0.186. The summed E-state index contributed by atoms with van der Waals surface area (Å²) in [6.07, 6.45) is 1.61. The number of hydrogen-bond donors (Lipinski definition) is 2. The summed E-state index contributed by atoms with van der Waals surface area (Å²) >= 11 is 3.41. The molecule has 1 aromatic heterocycles. The van der Waals surface area contributed by atoms with Crippen molar-refractivity contribution in [2.45, 2.75) is 13.8 Å². The van der Waals surface area contributed by atoms with Gasteiger partial charge in [-0.2, -0.15) is 0 Å². The van der Waals surface area contributed by atoms with Crippen LogP contribution in [-0.4, -0.2) is 10.9 Å². The number of rotatable bonds is 2. The van der Waals surface area contributed by atoms with Gasteiger partial charge in [-0.25, -0.2) is 0 Å². The van der Waals surface area contributed by atoms with Crippen LogP contribution in [0.3, 0.4) is 0 Å². The molecule has 0 radical (unpaired) electrons. The Bertz CT molecular complexity index is 641. The van der Waals surface area contributed by atoms with Crippen LogP contribution in [0.2, 0.25) is 0 Å². The van der Waals surface area contributed by atoms with Gasteiger partial charge in [0.1, 0.15) is 0 Å². The summed E-state index contributed by atoms with van der Waals surface area (Å²) in [6.45, 7) is 3.76. The van der Waals surface area contributed by atoms with Gasteiger partial charge in [0, 0.05) is 27.6 Å². The maximum atomic E-state index is 12.1. The minimum Gasteiger partial charge on any atom is -0.398 e. The van der Waals surface area contributed by atoms with Gasteiger partial charge in [0.2, 0.25) is 0 Å². The third kappa shape index (κ3) is 3.12. The van der Waals surface area contributed by atoms with Crippen molar-refractivity contribution < 1.29 is 4.79 Å². The Kier molecular flexibility index (Phi) is 3.85. The Morgan fingerprint density at radius 2 is 2.05 bits per heavy atom. The van der Waals surface area contributed by atoms with Crippen LogP contribution in [0.5, 0.6) is 0 Å². The fourth-order valence-electron chi connectivity index (χ4n) is 1.67. The first kappa shape index (κ1) is 13.5. The van der Waals surface area contributed by atoms with E-state index in [0.29, 0.717) is 16.9 Å². The molecule has 1 heterocycles. The smallest absolute Gasteiger partial charge is 0.255 e. The van der Waals surface area contributed by atoms with Crippen LogP contribution in [0.25, 0.3) is 0 Å². The van der Waals surface area contributed by atoms with E-state index in [0.717, 1.165) is 15.7 Å². The zero-order valence-corrected chi connectivity index (χ0v) is 12.3. The molecule has 5 heteroatoms. The molecule has 1 aromatic carbocycles. The third-order valence-corrected chi connectivity index (χ3v) is 3.42. The predicted octanol–water partition coefficient (Wildman–Crippen LogP) is 3.30. The summed E-state index contributed by atoms with van der Waals surface area (Å²) in [5, 5.41) is 2.83. The predicted molar refractivity (Wildman–Crippen MR) is 80.2 cm³/mol. The number of benzene rings is 1. The lowest BCUT2D eigenvalue weighted by atomic mass is 10.1. The van der Waals surface area contributed by atoms with Crippen LogP contribution in [0, 0.1) is 13.8 Å². The van der Waals surface area contributed by atoms with Gasteiger partial charge in [-0.15, -0.1) is 0 Å². The average molecular weight is 320 g/mol. The third-order valence-electron chi connectivity index (χ3n) is 2.76. The van der Waals surface area contributed by atoms with Crippen molar-refractivity contribution in [1.29, 1.82) is 0 Å². The highest BCUT2D eigenvalue weighted by molar-refractivity contribution is 9.10. The fraction of sp³-hybridized carbons (Fsp3) is 0.143. The van der Waals surface area contributed by atoms with E-state index in [-0.39, 0.29) is 5.91 Å². The Morgan fingerprint density at radius 3 is 2.74 bits per heavy atom. The fourth-order valence-corrected chi connectivity index (χ4v) is 2.22. The molecule has 1 amide bonds. The lowest BCUT2D eigenvalue weighted by molar-refractivity contribution is 0.102. The van der Waals surface area contributed by atoms with Crippen molar-refractivity contribution in [3.8, 4) is 0 Å². The number of halogens is 1. The molecule has 0 saturated heterocycles. The number of nitrogens with one attached hydrogen (secondary N) is 1. The van der Waals surface area contributed by atoms with E-state index >= 15 is 0 Å². The quantitative estimate of drug-likeness (QED) is 0.834. The van der Waals surface area contributed by atoms with Crippen LogP contribution in [0.4, 0.5) is 11.4 Å². The molecule has 0 aliphatic heterocycles. The van der Waals surface area contributed by atoms with Crippen molar-refractivity contribution in [2.24, 2.45) is 0 Å². The van der Waals surface area contributed by atoms with Gasteiger partial charge in [-0.3, -0.25) is 9.78 Å². The Morgan fingerprint density at radius 1 is 1.32 bits per heavy atom. The van der Waals surface area contributed by atoms with E-state index in [1.54, 1.807) is 24.4 Å². The second-order valence-corrected chi connectivity index (χ2v) is 5.18. The summed E-state index contributed by atoms with van der Waals surface area (Å²) in [6, 6.07) is 7.03. The molecule has 0 atom stereocenters. The van der Waals surface area contributed by atoms with E-state index in [9.17, 15) is 4.79 Å². The molecule has 0 bridgehead atoms. The first-order valence-electron chi connectivity index (χ1n) is 5.77. The van der Waals surface area contributed by atoms with Gasteiger partial charge < -0.3 is 11.1 Å². The van der Waals surface area contributed by atoms with Crippen LogP contribution < -0.4 is 11.1 Å². The number of carbonyl (C=O) groups is 1. The highest BCUT2D eigenvalue weighted by Gasteiger charge is 2.10. The van der Waals surface area contributed by atoms with Gasteiger partial charge in [0.15, 0.2) is 0 Å². The number of nitrogens with two attached hydrogens (primary N) is 1. The van der Waals surface area contributed by atoms with Crippen LogP contribution >= 0.6 is 15.9 Å². The average Bonchev–Trinajstić information content (AvgIpc) is 2.36. The highest BCUT2D eigenvalue weighted by Crippen LogP contribution is 2.28. The minimum absolute atomic E-state index is 0.186. The first-order chi connectivity index (χ1) is 8.97. The standard InChI is InChI=1S/C14H14BrN3O/c1-8-5-11(15)13(7-12(8)16)18-14(19)10-3-4-17-9(2)6-10/h3-7H,16H2,1-2H3,(H,18,19). The molecule has 98 valence electrons. The summed E-state index contributed by atoms with van der Waals surface area (Å²) < 4.78 is 0.804. The van der Waals surface area contributed by atoms with Crippen molar-refractivity contribution in [3.63, 3.8) is 0 Å². The summed E-state index contributed by atoms with van der Waals surface area (Å²) in [5.74, 6) is -0.186. The molecule has 0 spiro atoms. The largest absolute Gasteiger partial charge is 0.398 e. The summed E-state index contributed by atoms with van der Waals surface area (Å²) in [7, 11) is 0. The number of nitrogen functional groups attached to an aromatic ring is 1. The van der Waals surface area contributed by atoms with Crippen molar-refractivity contribution in [3.05, 3.63) is 51.8 Å². The normalized spacial score (nSPS) is 10.3. The Hall–Kier alpha value is -1.88. The number of carbonyl (C=O) groups excluding carboxylic acids is 1. The molecule has 4 nitrogen and oxygen atoms in total. The Labute approximate surface area is 120 Å². The molecule has 2 rings (SSSR count). The summed E-state index contributed by atoms with van der Waals surface area (Å²) in [4.78, 5) is 16.2. The molecule has 2 aromatic rings. The molecule has 0 saturated carbocycles. The number of amides is 1. The second-order valence-electron chi connectivity index (χ2n) is 4.33. The Balaban J connectivity index is 2.27. The molecular formula is C14H14BrN3O. The van der Waals surface area contributed by atoms with Crippen molar-refractivity contribution in [2.75, 3.05) is 11.1 Å². The van der Waals surface area contributed by atoms with Crippen molar-refractivity contribution >= 4 is 33.2 Å². The maximum absolute atomic E-state index is 12.1. The van der Waals surface area contributed by atoms with E-state index < -0.39 is 0 Å². The molecule has 0 aliphatic rings. The number of aryl methyl sites for hydroxylation is 2. The lowest BCUT2D eigenvalue weighted by Gasteiger charge is -2.10.